The highest BCUT2D eigenvalue weighted by atomic mass is 19.4. The molecule has 1 amide bonds. The van der Waals surface area contributed by atoms with E-state index in [0.717, 1.165) is 19.0 Å². The van der Waals surface area contributed by atoms with Crippen molar-refractivity contribution < 1.29 is 22.7 Å². The molecule has 7 heteroatoms. The van der Waals surface area contributed by atoms with Crippen LogP contribution in [-0.2, 0) is 17.5 Å². The molecule has 0 spiro atoms. The number of amides is 1. The number of alkyl halides is 3. The fourth-order valence-corrected chi connectivity index (χ4v) is 1.67. The summed E-state index contributed by atoms with van der Waals surface area (Å²) < 4.78 is 44.2. The number of primary amides is 1. The van der Waals surface area contributed by atoms with Crippen LogP contribution in [0.5, 0.6) is 5.75 Å². The van der Waals surface area contributed by atoms with Crippen molar-refractivity contribution in [1.29, 1.82) is 0 Å². The molecule has 1 unspecified atom stereocenters. The lowest BCUT2D eigenvalue weighted by Gasteiger charge is -2.18. The molecule has 1 aromatic rings. The molecule has 3 N–H and O–H groups in total. The number of hydrogen-bond donors (Lipinski definition) is 2. The molecule has 0 heterocycles. The Morgan fingerprint density at radius 1 is 1.43 bits per heavy atom. The van der Waals surface area contributed by atoms with Gasteiger partial charge in [-0.2, -0.15) is 13.2 Å². The van der Waals surface area contributed by atoms with Crippen LogP contribution in [0.2, 0.25) is 0 Å². The van der Waals surface area contributed by atoms with E-state index in [9.17, 15) is 18.0 Å². The minimum Gasteiger partial charge on any atom is -0.480 e. The number of rotatable bonds is 7. The van der Waals surface area contributed by atoms with Crippen LogP contribution >= 0.6 is 0 Å². The van der Waals surface area contributed by atoms with E-state index in [1.165, 1.54) is 19.1 Å². The van der Waals surface area contributed by atoms with Crippen LogP contribution in [0.15, 0.2) is 18.2 Å². The molecule has 4 nitrogen and oxygen atoms in total. The topological polar surface area (TPSA) is 64.3 Å². The number of nitrogens with one attached hydrogen (secondary N) is 1. The van der Waals surface area contributed by atoms with Gasteiger partial charge in [-0.1, -0.05) is 13.0 Å². The molecule has 0 aliphatic heterocycles. The smallest absolute Gasteiger partial charge is 0.419 e. The van der Waals surface area contributed by atoms with Gasteiger partial charge in [-0.15, -0.1) is 0 Å². The van der Waals surface area contributed by atoms with E-state index in [4.69, 9.17) is 10.5 Å². The van der Waals surface area contributed by atoms with Crippen LogP contribution < -0.4 is 15.8 Å². The monoisotopic (exact) mass is 304 g/mol. The zero-order valence-corrected chi connectivity index (χ0v) is 12.0. The van der Waals surface area contributed by atoms with Crippen LogP contribution in [0.25, 0.3) is 0 Å². The molecule has 1 aromatic carbocycles. The number of nitrogens with two attached hydrogens (primary N) is 1. The lowest BCUT2D eigenvalue weighted by molar-refractivity contribution is -0.140. The van der Waals surface area contributed by atoms with Gasteiger partial charge in [0.1, 0.15) is 5.75 Å². The predicted octanol–water partition coefficient (Wildman–Crippen LogP) is 2.46. The Hall–Kier alpha value is -1.76. The van der Waals surface area contributed by atoms with E-state index in [-0.39, 0.29) is 0 Å². The zero-order valence-electron chi connectivity index (χ0n) is 12.0. The van der Waals surface area contributed by atoms with Gasteiger partial charge in [0.25, 0.3) is 5.91 Å². The molecule has 0 aliphatic carbocycles. The quantitative estimate of drug-likeness (QED) is 0.761. The Kier molecular flexibility index (Phi) is 6.02. The Labute approximate surface area is 121 Å². The summed E-state index contributed by atoms with van der Waals surface area (Å²) in [5.41, 5.74) is 4.58. The van der Waals surface area contributed by atoms with Gasteiger partial charge in [0, 0.05) is 6.54 Å². The normalized spacial score (nSPS) is 13.0. The van der Waals surface area contributed by atoms with Crippen molar-refractivity contribution in [1.82, 2.24) is 5.32 Å². The summed E-state index contributed by atoms with van der Waals surface area (Å²) in [4.78, 5) is 10.9. The first-order valence-electron chi connectivity index (χ1n) is 6.62. The fraction of sp³-hybridized carbons (Fsp3) is 0.500. The Morgan fingerprint density at radius 3 is 2.62 bits per heavy atom. The maximum Gasteiger partial charge on any atom is 0.419 e. The summed E-state index contributed by atoms with van der Waals surface area (Å²) in [5, 5.41) is 3.03. The number of carbonyl (C=O) groups excluding carboxylic acids is 1. The zero-order chi connectivity index (χ0) is 16.0. The predicted molar refractivity (Wildman–Crippen MR) is 72.7 cm³/mol. The molecule has 0 saturated heterocycles. The summed E-state index contributed by atoms with van der Waals surface area (Å²) in [6.07, 6.45) is -4.80. The molecular formula is C14H19F3N2O2. The highest BCUT2D eigenvalue weighted by Crippen LogP contribution is 2.37. The molecule has 0 aliphatic rings. The first kappa shape index (κ1) is 17.3. The summed E-state index contributed by atoms with van der Waals surface area (Å²) in [6, 6.07) is 3.76. The standard InChI is InChI=1S/C14H19F3N2O2/c1-3-6-19-8-10-4-5-12(21-9(2)13(18)20)11(7-10)14(15,16)17/h4-5,7,9,19H,3,6,8H2,1-2H3,(H2,18,20). The van der Waals surface area contributed by atoms with Crippen molar-refractivity contribution in [3.8, 4) is 5.75 Å². The van der Waals surface area contributed by atoms with Crippen LogP contribution in [0, 0.1) is 0 Å². The number of benzene rings is 1. The molecule has 0 aromatic heterocycles. The van der Waals surface area contributed by atoms with Crippen LogP contribution in [0.1, 0.15) is 31.4 Å². The maximum absolute atomic E-state index is 13.1. The fourth-order valence-electron chi connectivity index (χ4n) is 1.67. The third-order valence-corrected chi connectivity index (χ3v) is 2.81. The Balaban J connectivity index is 3.00. The Morgan fingerprint density at radius 2 is 2.10 bits per heavy atom. The van der Waals surface area contributed by atoms with Gasteiger partial charge in [-0.25, -0.2) is 0 Å². The van der Waals surface area contributed by atoms with Crippen LogP contribution in [-0.4, -0.2) is 18.6 Å². The van der Waals surface area contributed by atoms with E-state index in [1.807, 2.05) is 6.92 Å². The van der Waals surface area contributed by atoms with Crippen molar-refractivity contribution in [2.24, 2.45) is 5.73 Å². The molecule has 21 heavy (non-hydrogen) atoms. The number of hydrogen-bond acceptors (Lipinski definition) is 3. The molecule has 0 saturated carbocycles. The van der Waals surface area contributed by atoms with E-state index in [0.29, 0.717) is 12.1 Å². The third-order valence-electron chi connectivity index (χ3n) is 2.81. The average molecular weight is 304 g/mol. The number of carbonyl (C=O) groups is 1. The van der Waals surface area contributed by atoms with Gasteiger partial charge >= 0.3 is 6.18 Å². The van der Waals surface area contributed by atoms with Gasteiger partial charge in [0.15, 0.2) is 6.10 Å². The molecule has 0 bridgehead atoms. The van der Waals surface area contributed by atoms with Crippen LogP contribution in [0.4, 0.5) is 13.2 Å². The lowest BCUT2D eigenvalue weighted by atomic mass is 10.1. The second kappa shape index (κ2) is 7.31. The van der Waals surface area contributed by atoms with E-state index in [2.05, 4.69) is 5.32 Å². The SMILES string of the molecule is CCCNCc1ccc(OC(C)C(N)=O)c(C(F)(F)F)c1. The lowest BCUT2D eigenvalue weighted by Crippen LogP contribution is -2.31. The van der Waals surface area contributed by atoms with Crippen molar-refractivity contribution in [3.05, 3.63) is 29.3 Å². The number of ether oxygens (including phenoxy) is 1. The van der Waals surface area contributed by atoms with E-state index < -0.39 is 29.5 Å². The second-order valence-electron chi connectivity index (χ2n) is 4.67. The maximum atomic E-state index is 13.1. The summed E-state index contributed by atoms with van der Waals surface area (Å²) in [7, 11) is 0. The van der Waals surface area contributed by atoms with Crippen molar-refractivity contribution >= 4 is 5.91 Å². The minimum absolute atomic E-state index is 0.336. The van der Waals surface area contributed by atoms with Gasteiger partial charge in [-0.05, 0) is 37.6 Å². The van der Waals surface area contributed by atoms with Crippen molar-refractivity contribution in [3.63, 3.8) is 0 Å². The average Bonchev–Trinajstić information content (AvgIpc) is 2.39. The van der Waals surface area contributed by atoms with Gasteiger partial charge < -0.3 is 15.8 Å². The third kappa shape index (κ3) is 5.26. The van der Waals surface area contributed by atoms with Gasteiger partial charge in [0.2, 0.25) is 0 Å². The first-order valence-corrected chi connectivity index (χ1v) is 6.62. The summed E-state index contributed by atoms with van der Waals surface area (Å²) in [5.74, 6) is -1.22. The van der Waals surface area contributed by atoms with Gasteiger partial charge in [0.05, 0.1) is 5.56 Å². The highest BCUT2D eigenvalue weighted by Gasteiger charge is 2.35. The van der Waals surface area contributed by atoms with E-state index in [1.54, 1.807) is 0 Å². The highest BCUT2D eigenvalue weighted by molar-refractivity contribution is 5.78. The summed E-state index contributed by atoms with van der Waals surface area (Å²) in [6.45, 7) is 4.33. The summed E-state index contributed by atoms with van der Waals surface area (Å²) >= 11 is 0. The molecule has 0 radical (unpaired) electrons. The second-order valence-corrected chi connectivity index (χ2v) is 4.67. The van der Waals surface area contributed by atoms with Crippen molar-refractivity contribution in [2.75, 3.05) is 6.54 Å². The number of halogens is 3. The molecule has 1 rings (SSSR count). The largest absolute Gasteiger partial charge is 0.480 e. The molecule has 1 atom stereocenters. The molecule has 118 valence electrons. The first-order chi connectivity index (χ1) is 9.75. The van der Waals surface area contributed by atoms with Crippen LogP contribution in [0.3, 0.4) is 0 Å². The minimum atomic E-state index is -4.56. The molecular weight excluding hydrogens is 285 g/mol. The van der Waals surface area contributed by atoms with E-state index >= 15 is 0 Å². The van der Waals surface area contributed by atoms with Gasteiger partial charge in [-0.3, -0.25) is 4.79 Å². The Bertz CT molecular complexity index is 490. The van der Waals surface area contributed by atoms with Crippen molar-refractivity contribution in [2.45, 2.75) is 39.1 Å². The molecule has 0 fully saturated rings.